The first-order chi connectivity index (χ1) is 12.1. The molecule has 0 saturated carbocycles. The van der Waals surface area contributed by atoms with Gasteiger partial charge in [0.2, 0.25) is 0 Å². The fourth-order valence-electron chi connectivity index (χ4n) is 2.76. The van der Waals surface area contributed by atoms with Crippen LogP contribution in [0.25, 0.3) is 11.6 Å². The van der Waals surface area contributed by atoms with Gasteiger partial charge in [0.15, 0.2) is 23.3 Å². The molecule has 25 heavy (non-hydrogen) atoms. The quantitative estimate of drug-likeness (QED) is 0.660. The van der Waals surface area contributed by atoms with E-state index in [1.54, 1.807) is 7.11 Å². The Morgan fingerprint density at radius 1 is 1.20 bits per heavy atom. The molecule has 0 atom stereocenters. The molecule has 0 aliphatic heterocycles. The van der Waals surface area contributed by atoms with Crippen LogP contribution in [-0.4, -0.2) is 33.5 Å². The third-order valence-electron chi connectivity index (χ3n) is 4.01. The van der Waals surface area contributed by atoms with Crippen LogP contribution in [0.15, 0.2) is 28.7 Å². The SMILES string of the molecule is CCc1nc(C)c(-c2nc(CCOC)nn2Cc2cccc(C)c2)o1. The Kier molecular flexibility index (Phi) is 5.28. The molecular formula is C19H24N4O2. The lowest BCUT2D eigenvalue weighted by Gasteiger charge is -2.05. The largest absolute Gasteiger partial charge is 0.437 e. The van der Waals surface area contributed by atoms with Gasteiger partial charge in [0.05, 0.1) is 18.8 Å². The number of aromatic nitrogens is 4. The lowest BCUT2D eigenvalue weighted by molar-refractivity contribution is 0.200. The highest BCUT2D eigenvalue weighted by molar-refractivity contribution is 5.50. The van der Waals surface area contributed by atoms with E-state index in [1.807, 2.05) is 18.5 Å². The third kappa shape index (κ3) is 3.96. The molecule has 0 unspecified atom stereocenters. The van der Waals surface area contributed by atoms with Crippen molar-refractivity contribution in [3.05, 3.63) is 52.8 Å². The fraction of sp³-hybridized carbons (Fsp3) is 0.421. The lowest BCUT2D eigenvalue weighted by Crippen LogP contribution is -2.05. The fourth-order valence-corrected chi connectivity index (χ4v) is 2.76. The lowest BCUT2D eigenvalue weighted by atomic mass is 10.1. The minimum absolute atomic E-state index is 0.587. The topological polar surface area (TPSA) is 66.0 Å². The molecule has 2 heterocycles. The van der Waals surface area contributed by atoms with Crippen molar-refractivity contribution in [1.82, 2.24) is 19.7 Å². The molecule has 0 aliphatic carbocycles. The summed E-state index contributed by atoms with van der Waals surface area (Å²) in [5.74, 6) is 2.88. The van der Waals surface area contributed by atoms with Crippen molar-refractivity contribution in [3.8, 4) is 11.6 Å². The number of nitrogens with zero attached hydrogens (tertiary/aromatic N) is 4. The van der Waals surface area contributed by atoms with Crippen LogP contribution < -0.4 is 0 Å². The molecule has 1 aromatic carbocycles. The van der Waals surface area contributed by atoms with Crippen LogP contribution >= 0.6 is 0 Å². The Morgan fingerprint density at radius 3 is 2.72 bits per heavy atom. The van der Waals surface area contributed by atoms with Crippen LogP contribution in [0.2, 0.25) is 0 Å². The molecule has 0 radical (unpaired) electrons. The minimum atomic E-state index is 0.587. The zero-order valence-corrected chi connectivity index (χ0v) is 15.2. The van der Waals surface area contributed by atoms with Gasteiger partial charge >= 0.3 is 0 Å². The van der Waals surface area contributed by atoms with E-state index in [2.05, 4.69) is 46.3 Å². The van der Waals surface area contributed by atoms with Gasteiger partial charge in [-0.15, -0.1) is 0 Å². The maximum absolute atomic E-state index is 5.90. The molecule has 0 spiro atoms. The van der Waals surface area contributed by atoms with Gasteiger partial charge in [0, 0.05) is 20.0 Å². The van der Waals surface area contributed by atoms with Crippen LogP contribution in [0.5, 0.6) is 0 Å². The molecule has 0 N–H and O–H groups in total. The van der Waals surface area contributed by atoms with Crippen molar-refractivity contribution >= 4 is 0 Å². The van der Waals surface area contributed by atoms with Gasteiger partial charge in [-0.2, -0.15) is 5.10 Å². The molecule has 3 aromatic rings. The molecule has 2 aromatic heterocycles. The molecule has 0 aliphatic rings. The number of methoxy groups -OCH3 is 1. The predicted molar refractivity (Wildman–Crippen MR) is 95.5 cm³/mol. The molecule has 3 rings (SSSR count). The summed E-state index contributed by atoms with van der Waals surface area (Å²) in [6.07, 6.45) is 1.42. The van der Waals surface area contributed by atoms with Crippen molar-refractivity contribution in [2.45, 2.75) is 40.2 Å². The van der Waals surface area contributed by atoms with E-state index >= 15 is 0 Å². The highest BCUT2D eigenvalue weighted by Gasteiger charge is 2.19. The molecule has 6 nitrogen and oxygen atoms in total. The summed E-state index contributed by atoms with van der Waals surface area (Å²) >= 11 is 0. The summed E-state index contributed by atoms with van der Waals surface area (Å²) in [7, 11) is 1.68. The van der Waals surface area contributed by atoms with Crippen LogP contribution in [0.3, 0.4) is 0 Å². The van der Waals surface area contributed by atoms with Gasteiger partial charge in [-0.05, 0) is 19.4 Å². The predicted octanol–water partition coefficient (Wildman–Crippen LogP) is 3.35. The highest BCUT2D eigenvalue weighted by Crippen LogP contribution is 2.24. The molecule has 132 valence electrons. The zero-order valence-electron chi connectivity index (χ0n) is 15.2. The summed E-state index contributed by atoms with van der Waals surface area (Å²) in [6.45, 7) is 7.28. The normalized spacial score (nSPS) is 11.2. The van der Waals surface area contributed by atoms with E-state index in [1.165, 1.54) is 11.1 Å². The monoisotopic (exact) mass is 340 g/mol. The van der Waals surface area contributed by atoms with E-state index in [0.29, 0.717) is 25.3 Å². The van der Waals surface area contributed by atoms with Crippen molar-refractivity contribution in [2.24, 2.45) is 0 Å². The van der Waals surface area contributed by atoms with E-state index in [9.17, 15) is 0 Å². The first-order valence-electron chi connectivity index (χ1n) is 8.55. The van der Waals surface area contributed by atoms with Crippen LogP contribution in [-0.2, 0) is 24.1 Å². The van der Waals surface area contributed by atoms with Crippen LogP contribution in [0, 0.1) is 13.8 Å². The number of hydrogen-bond acceptors (Lipinski definition) is 5. The number of oxazole rings is 1. The van der Waals surface area contributed by atoms with Crippen molar-refractivity contribution < 1.29 is 9.15 Å². The summed E-state index contributed by atoms with van der Waals surface area (Å²) in [5.41, 5.74) is 3.24. The first-order valence-corrected chi connectivity index (χ1v) is 8.55. The van der Waals surface area contributed by atoms with Gasteiger partial charge in [-0.1, -0.05) is 36.8 Å². The second kappa shape index (κ2) is 7.61. The number of hydrogen-bond donors (Lipinski definition) is 0. The summed E-state index contributed by atoms with van der Waals surface area (Å²) < 4.78 is 13.0. The van der Waals surface area contributed by atoms with Crippen molar-refractivity contribution in [3.63, 3.8) is 0 Å². The Balaban J connectivity index is 1.99. The van der Waals surface area contributed by atoms with E-state index < -0.39 is 0 Å². The molecule has 0 fully saturated rings. The van der Waals surface area contributed by atoms with E-state index in [-0.39, 0.29) is 0 Å². The molecule has 0 amide bonds. The number of rotatable bonds is 7. The standard InChI is InChI=1S/C19H24N4O2/c1-5-17-20-14(3)18(25-17)19-21-16(9-10-24-4)22-23(19)12-15-8-6-7-13(2)11-15/h6-8,11H,5,9-10,12H2,1-4H3. The second-order valence-electron chi connectivity index (χ2n) is 6.12. The number of ether oxygens (including phenoxy) is 1. The summed E-state index contributed by atoms with van der Waals surface area (Å²) in [6, 6.07) is 8.40. The van der Waals surface area contributed by atoms with Crippen LogP contribution in [0.4, 0.5) is 0 Å². The highest BCUT2D eigenvalue weighted by atomic mass is 16.5. The third-order valence-corrected chi connectivity index (χ3v) is 4.01. The molecular weight excluding hydrogens is 316 g/mol. The summed E-state index contributed by atoms with van der Waals surface area (Å²) in [5, 5.41) is 4.66. The van der Waals surface area contributed by atoms with E-state index in [0.717, 1.165) is 29.7 Å². The maximum Gasteiger partial charge on any atom is 0.196 e. The minimum Gasteiger partial charge on any atom is -0.437 e. The average Bonchev–Trinajstić information content (AvgIpc) is 3.16. The Labute approximate surface area is 147 Å². The number of benzene rings is 1. The molecule has 6 heteroatoms. The van der Waals surface area contributed by atoms with Crippen LogP contribution in [0.1, 0.15) is 35.5 Å². The molecule has 0 saturated heterocycles. The Hall–Kier alpha value is -2.47. The van der Waals surface area contributed by atoms with Gasteiger partial charge in [0.25, 0.3) is 0 Å². The Morgan fingerprint density at radius 2 is 2.04 bits per heavy atom. The van der Waals surface area contributed by atoms with E-state index in [4.69, 9.17) is 9.15 Å². The Bertz CT molecular complexity index is 851. The van der Waals surface area contributed by atoms with Gasteiger partial charge in [-0.3, -0.25) is 0 Å². The average molecular weight is 340 g/mol. The van der Waals surface area contributed by atoms with Crippen molar-refractivity contribution in [1.29, 1.82) is 0 Å². The summed E-state index contributed by atoms with van der Waals surface area (Å²) in [4.78, 5) is 9.15. The second-order valence-corrected chi connectivity index (χ2v) is 6.12. The first kappa shape index (κ1) is 17.4. The van der Waals surface area contributed by atoms with Crippen molar-refractivity contribution in [2.75, 3.05) is 13.7 Å². The number of aryl methyl sites for hydroxylation is 3. The molecule has 0 bridgehead atoms. The smallest absolute Gasteiger partial charge is 0.196 e. The maximum atomic E-state index is 5.90. The van der Waals surface area contributed by atoms with Gasteiger partial charge < -0.3 is 9.15 Å². The van der Waals surface area contributed by atoms with Gasteiger partial charge in [-0.25, -0.2) is 14.6 Å². The van der Waals surface area contributed by atoms with Gasteiger partial charge in [0.1, 0.15) is 0 Å². The zero-order chi connectivity index (χ0) is 17.8.